The van der Waals surface area contributed by atoms with Crippen LogP contribution < -0.4 is 0 Å². The van der Waals surface area contributed by atoms with Crippen LogP contribution in [-0.2, 0) is 0 Å². The molecular formula is C11H22N2O. The van der Waals surface area contributed by atoms with Crippen molar-refractivity contribution in [3.8, 4) is 0 Å². The van der Waals surface area contributed by atoms with Crippen LogP contribution in [0.5, 0.6) is 0 Å². The Labute approximate surface area is 86.7 Å². The Morgan fingerprint density at radius 2 is 2.21 bits per heavy atom. The molecule has 0 bridgehead atoms. The van der Waals surface area contributed by atoms with E-state index in [2.05, 4.69) is 23.9 Å². The number of aliphatic hydroxyl groups is 1. The van der Waals surface area contributed by atoms with Crippen LogP contribution in [0.25, 0.3) is 0 Å². The van der Waals surface area contributed by atoms with Crippen LogP contribution >= 0.6 is 0 Å². The van der Waals surface area contributed by atoms with Crippen molar-refractivity contribution in [1.29, 1.82) is 0 Å². The molecule has 2 rings (SSSR count). The first-order chi connectivity index (χ1) is 6.65. The van der Waals surface area contributed by atoms with Gasteiger partial charge in [0, 0.05) is 31.2 Å². The normalized spacial score (nSPS) is 31.3. The lowest BCUT2D eigenvalue weighted by Gasteiger charge is -2.27. The maximum Gasteiger partial charge on any atom is 0.0499 e. The predicted octanol–water partition coefficient (Wildman–Crippen LogP) is 0.395. The number of hydrogen-bond donors (Lipinski definition) is 1. The van der Waals surface area contributed by atoms with Crippen LogP contribution in [0.2, 0.25) is 0 Å². The minimum atomic E-state index is 0.274. The van der Waals surface area contributed by atoms with Crippen LogP contribution in [0, 0.1) is 5.41 Å². The van der Waals surface area contributed by atoms with Gasteiger partial charge >= 0.3 is 0 Å². The summed E-state index contributed by atoms with van der Waals surface area (Å²) in [6.45, 7) is 3.88. The van der Waals surface area contributed by atoms with Crippen molar-refractivity contribution in [3.05, 3.63) is 0 Å². The molecule has 1 heterocycles. The second kappa shape index (κ2) is 3.80. The molecular weight excluding hydrogens is 176 g/mol. The van der Waals surface area contributed by atoms with Crippen molar-refractivity contribution in [2.24, 2.45) is 5.41 Å². The van der Waals surface area contributed by atoms with Gasteiger partial charge in [-0.2, -0.15) is 0 Å². The molecule has 0 spiro atoms. The van der Waals surface area contributed by atoms with Crippen molar-refractivity contribution in [2.75, 3.05) is 40.3 Å². The standard InChI is InChI=1S/C11H22N2O/c1-12-6-3-10(7-12)13(2)8-11(9-14)4-5-11/h10,14H,3-9H2,1-2H3. The Bertz CT molecular complexity index is 203. The molecule has 1 saturated heterocycles. The summed E-state index contributed by atoms with van der Waals surface area (Å²) in [4.78, 5) is 4.84. The Balaban J connectivity index is 1.80. The Hall–Kier alpha value is -0.120. The van der Waals surface area contributed by atoms with Crippen molar-refractivity contribution < 1.29 is 5.11 Å². The monoisotopic (exact) mass is 198 g/mol. The maximum absolute atomic E-state index is 9.26. The molecule has 0 amide bonds. The van der Waals surface area contributed by atoms with Gasteiger partial charge in [-0.15, -0.1) is 0 Å². The summed E-state index contributed by atoms with van der Waals surface area (Å²) in [7, 11) is 4.40. The lowest BCUT2D eigenvalue weighted by molar-refractivity contribution is 0.139. The molecule has 1 aliphatic heterocycles. The number of nitrogens with zero attached hydrogens (tertiary/aromatic N) is 2. The van der Waals surface area contributed by atoms with Gasteiger partial charge in [-0.25, -0.2) is 0 Å². The van der Waals surface area contributed by atoms with Crippen molar-refractivity contribution in [3.63, 3.8) is 0 Å². The number of rotatable bonds is 4. The predicted molar refractivity (Wildman–Crippen MR) is 57.3 cm³/mol. The van der Waals surface area contributed by atoms with Crippen LogP contribution in [0.4, 0.5) is 0 Å². The highest BCUT2D eigenvalue weighted by atomic mass is 16.3. The van der Waals surface area contributed by atoms with Gasteiger partial charge in [0.05, 0.1) is 0 Å². The first-order valence-corrected chi connectivity index (χ1v) is 5.65. The second-order valence-electron chi connectivity index (χ2n) is 5.28. The first kappa shape index (κ1) is 10.4. The van der Waals surface area contributed by atoms with Gasteiger partial charge in [0.15, 0.2) is 0 Å². The van der Waals surface area contributed by atoms with Crippen LogP contribution in [0.15, 0.2) is 0 Å². The molecule has 2 aliphatic rings. The molecule has 82 valence electrons. The minimum Gasteiger partial charge on any atom is -0.396 e. The quantitative estimate of drug-likeness (QED) is 0.708. The molecule has 1 atom stereocenters. The number of likely N-dealkylation sites (tertiary alicyclic amines) is 1. The fourth-order valence-corrected chi connectivity index (χ4v) is 2.47. The molecule has 1 N–H and O–H groups in total. The molecule has 0 aromatic heterocycles. The third-order valence-electron chi connectivity index (χ3n) is 3.87. The summed E-state index contributed by atoms with van der Waals surface area (Å²) >= 11 is 0. The van der Waals surface area contributed by atoms with Gasteiger partial charge in [0.25, 0.3) is 0 Å². The van der Waals surface area contributed by atoms with Gasteiger partial charge in [0.2, 0.25) is 0 Å². The SMILES string of the molecule is CN1CCC(N(C)CC2(CO)CC2)C1. The summed E-state index contributed by atoms with van der Waals surface area (Å²) in [6, 6.07) is 0.712. The highest BCUT2D eigenvalue weighted by Gasteiger charge is 2.43. The summed E-state index contributed by atoms with van der Waals surface area (Å²) in [5.74, 6) is 0. The topological polar surface area (TPSA) is 26.7 Å². The van der Waals surface area contributed by atoms with E-state index in [9.17, 15) is 5.11 Å². The third kappa shape index (κ3) is 2.10. The van der Waals surface area contributed by atoms with Crippen molar-refractivity contribution in [2.45, 2.75) is 25.3 Å². The first-order valence-electron chi connectivity index (χ1n) is 5.65. The summed E-state index contributed by atoms with van der Waals surface area (Å²) in [5, 5.41) is 9.26. The highest BCUT2D eigenvalue weighted by Crippen LogP contribution is 2.45. The molecule has 2 fully saturated rings. The van der Waals surface area contributed by atoms with Crippen LogP contribution in [0.1, 0.15) is 19.3 Å². The van der Waals surface area contributed by atoms with E-state index in [0.717, 1.165) is 6.54 Å². The minimum absolute atomic E-state index is 0.274. The zero-order chi connectivity index (χ0) is 10.2. The third-order valence-corrected chi connectivity index (χ3v) is 3.87. The summed E-state index contributed by atoms with van der Waals surface area (Å²) < 4.78 is 0. The average Bonchev–Trinajstić information content (AvgIpc) is 2.80. The zero-order valence-corrected chi connectivity index (χ0v) is 9.37. The molecule has 14 heavy (non-hydrogen) atoms. The fraction of sp³-hybridized carbons (Fsp3) is 1.00. The highest BCUT2D eigenvalue weighted by molar-refractivity contribution is 4.96. The van der Waals surface area contributed by atoms with E-state index in [4.69, 9.17) is 0 Å². The molecule has 3 nitrogen and oxygen atoms in total. The molecule has 0 aromatic rings. The zero-order valence-electron chi connectivity index (χ0n) is 9.37. The van der Waals surface area contributed by atoms with E-state index >= 15 is 0 Å². The van der Waals surface area contributed by atoms with Crippen LogP contribution in [0.3, 0.4) is 0 Å². The van der Waals surface area contributed by atoms with E-state index in [-0.39, 0.29) is 5.41 Å². The Kier molecular flexibility index (Phi) is 2.82. The van der Waals surface area contributed by atoms with Crippen molar-refractivity contribution in [1.82, 2.24) is 9.80 Å². The number of hydrogen-bond acceptors (Lipinski definition) is 3. The van der Waals surface area contributed by atoms with Gasteiger partial charge in [0.1, 0.15) is 0 Å². The van der Waals surface area contributed by atoms with Gasteiger partial charge in [-0.05, 0) is 39.9 Å². The van der Waals surface area contributed by atoms with Gasteiger partial charge < -0.3 is 14.9 Å². The lowest BCUT2D eigenvalue weighted by atomic mass is 10.1. The van der Waals surface area contributed by atoms with E-state index in [1.54, 1.807) is 0 Å². The molecule has 0 aromatic carbocycles. The lowest BCUT2D eigenvalue weighted by Crippen LogP contribution is -2.38. The van der Waals surface area contributed by atoms with E-state index in [1.165, 1.54) is 32.4 Å². The van der Waals surface area contributed by atoms with Crippen LogP contribution in [-0.4, -0.2) is 61.3 Å². The van der Waals surface area contributed by atoms with E-state index in [0.29, 0.717) is 12.6 Å². The summed E-state index contributed by atoms with van der Waals surface area (Å²) in [6.07, 6.45) is 3.72. The Morgan fingerprint density at radius 1 is 1.50 bits per heavy atom. The van der Waals surface area contributed by atoms with Gasteiger partial charge in [-0.1, -0.05) is 0 Å². The second-order valence-corrected chi connectivity index (χ2v) is 5.28. The molecule has 1 unspecified atom stereocenters. The molecule has 1 saturated carbocycles. The Morgan fingerprint density at radius 3 is 2.64 bits per heavy atom. The smallest absolute Gasteiger partial charge is 0.0499 e. The van der Waals surface area contributed by atoms with Crippen molar-refractivity contribution >= 4 is 0 Å². The largest absolute Gasteiger partial charge is 0.396 e. The van der Waals surface area contributed by atoms with E-state index in [1.807, 2.05) is 0 Å². The van der Waals surface area contributed by atoms with E-state index < -0.39 is 0 Å². The molecule has 3 heteroatoms. The maximum atomic E-state index is 9.26. The molecule has 0 radical (unpaired) electrons. The number of aliphatic hydroxyl groups excluding tert-OH is 1. The molecule has 1 aliphatic carbocycles. The summed E-state index contributed by atoms with van der Waals surface area (Å²) in [5.41, 5.74) is 0.274. The van der Waals surface area contributed by atoms with Gasteiger partial charge in [-0.3, -0.25) is 0 Å². The fourth-order valence-electron chi connectivity index (χ4n) is 2.47. The number of likely N-dealkylation sites (N-methyl/N-ethyl adjacent to an activating group) is 2. The average molecular weight is 198 g/mol.